The minimum atomic E-state index is -3.64. The summed E-state index contributed by atoms with van der Waals surface area (Å²) in [6, 6.07) is 12.4. The maximum Gasteiger partial charge on any atom is 0.244 e. The van der Waals surface area contributed by atoms with Gasteiger partial charge in [-0.25, -0.2) is 8.42 Å². The van der Waals surface area contributed by atoms with Gasteiger partial charge in [0.05, 0.1) is 18.5 Å². The molecule has 164 valence electrons. The summed E-state index contributed by atoms with van der Waals surface area (Å²) in [5.74, 6) is 0.396. The predicted octanol–water partition coefficient (Wildman–Crippen LogP) is 3.61. The first-order chi connectivity index (χ1) is 14.2. The van der Waals surface area contributed by atoms with Crippen LogP contribution >= 0.6 is 0 Å². The maximum absolute atomic E-state index is 12.8. The highest BCUT2D eigenvalue weighted by Gasteiger charge is 2.31. The van der Waals surface area contributed by atoms with Gasteiger partial charge in [-0.1, -0.05) is 32.0 Å². The Morgan fingerprint density at radius 2 is 1.73 bits per heavy atom. The van der Waals surface area contributed by atoms with Crippen LogP contribution in [0.15, 0.2) is 42.5 Å². The fourth-order valence-corrected chi connectivity index (χ4v) is 4.41. The van der Waals surface area contributed by atoms with Crippen molar-refractivity contribution in [2.24, 2.45) is 0 Å². The highest BCUT2D eigenvalue weighted by atomic mass is 32.2. The fraction of sp³-hybridized carbons (Fsp3) is 0.435. The van der Waals surface area contributed by atoms with Crippen LogP contribution in [-0.2, 0) is 21.2 Å². The topological polar surface area (TPSA) is 75.7 Å². The van der Waals surface area contributed by atoms with Crippen molar-refractivity contribution in [1.29, 1.82) is 0 Å². The number of hydrogen-bond acceptors (Lipinski definition) is 4. The Morgan fingerprint density at radius 3 is 2.27 bits per heavy atom. The number of carbonyl (C=O) groups is 1. The lowest BCUT2D eigenvalue weighted by atomic mass is 10.1. The molecular formula is C23H32N2O4S. The fourth-order valence-electron chi connectivity index (χ4n) is 3.21. The molecule has 0 radical (unpaired) electrons. The Hall–Kier alpha value is -2.54. The molecule has 2 aromatic rings. The Balaban J connectivity index is 2.05. The molecule has 0 aliphatic carbocycles. The number of carbonyl (C=O) groups excluding carboxylic acids is 1. The van der Waals surface area contributed by atoms with E-state index in [1.165, 1.54) is 9.87 Å². The third-order valence-corrected chi connectivity index (χ3v) is 6.26. The van der Waals surface area contributed by atoms with Gasteiger partial charge in [0, 0.05) is 0 Å². The summed E-state index contributed by atoms with van der Waals surface area (Å²) in [7, 11) is -3.64. The van der Waals surface area contributed by atoms with Gasteiger partial charge in [-0.15, -0.1) is 0 Å². The van der Waals surface area contributed by atoms with Crippen LogP contribution in [0.4, 0.5) is 5.69 Å². The monoisotopic (exact) mass is 432 g/mol. The summed E-state index contributed by atoms with van der Waals surface area (Å²) in [4.78, 5) is 12.8. The molecule has 0 fully saturated rings. The SMILES string of the molecule is CCc1ccc(OCCNC(=O)C(CC)N(c2ccc(C)c(C)c2)S(C)(=O)=O)cc1. The van der Waals surface area contributed by atoms with Crippen LogP contribution in [0.1, 0.15) is 37.0 Å². The number of anilines is 1. The minimum absolute atomic E-state index is 0.287. The molecule has 0 aliphatic heterocycles. The van der Waals surface area contributed by atoms with Crippen LogP contribution in [-0.4, -0.2) is 39.8 Å². The lowest BCUT2D eigenvalue weighted by Gasteiger charge is -2.30. The molecule has 1 N–H and O–H groups in total. The molecule has 0 heterocycles. The molecule has 7 heteroatoms. The first kappa shape index (κ1) is 23.7. The summed E-state index contributed by atoms with van der Waals surface area (Å²) in [6.45, 7) is 8.36. The Bertz CT molecular complexity index is 956. The van der Waals surface area contributed by atoms with Crippen LogP contribution < -0.4 is 14.4 Å². The van der Waals surface area contributed by atoms with Gasteiger partial charge in [-0.05, 0) is 67.6 Å². The van der Waals surface area contributed by atoms with E-state index in [2.05, 4.69) is 12.2 Å². The highest BCUT2D eigenvalue weighted by Crippen LogP contribution is 2.25. The number of aryl methyl sites for hydroxylation is 3. The van der Waals surface area contributed by atoms with E-state index in [0.29, 0.717) is 18.7 Å². The van der Waals surface area contributed by atoms with E-state index in [4.69, 9.17) is 4.74 Å². The Kier molecular flexibility index (Phi) is 8.29. The zero-order chi connectivity index (χ0) is 22.3. The summed E-state index contributed by atoms with van der Waals surface area (Å²) in [5.41, 5.74) is 3.76. The lowest BCUT2D eigenvalue weighted by Crippen LogP contribution is -2.50. The van der Waals surface area contributed by atoms with Gasteiger partial charge in [0.2, 0.25) is 15.9 Å². The molecule has 1 unspecified atom stereocenters. The molecule has 1 atom stereocenters. The average molecular weight is 433 g/mol. The number of nitrogens with zero attached hydrogens (tertiary/aromatic N) is 1. The van der Waals surface area contributed by atoms with Crippen molar-refractivity contribution in [3.8, 4) is 5.75 Å². The molecule has 0 saturated heterocycles. The second-order valence-electron chi connectivity index (χ2n) is 7.39. The molecule has 6 nitrogen and oxygen atoms in total. The average Bonchev–Trinajstić information content (AvgIpc) is 2.71. The number of amides is 1. The van der Waals surface area contributed by atoms with Gasteiger partial charge < -0.3 is 10.1 Å². The van der Waals surface area contributed by atoms with Crippen molar-refractivity contribution in [2.75, 3.05) is 23.7 Å². The van der Waals surface area contributed by atoms with Gasteiger partial charge >= 0.3 is 0 Å². The normalized spacial score (nSPS) is 12.3. The second kappa shape index (κ2) is 10.5. The van der Waals surface area contributed by atoms with Gasteiger partial charge in [-0.3, -0.25) is 9.10 Å². The zero-order valence-corrected chi connectivity index (χ0v) is 19.3. The van der Waals surface area contributed by atoms with Crippen LogP contribution in [0.5, 0.6) is 5.75 Å². The summed E-state index contributed by atoms with van der Waals surface area (Å²) >= 11 is 0. The first-order valence-corrected chi connectivity index (χ1v) is 12.1. The Labute approximate surface area is 180 Å². The smallest absolute Gasteiger partial charge is 0.244 e. The Morgan fingerprint density at radius 1 is 1.07 bits per heavy atom. The van der Waals surface area contributed by atoms with Crippen molar-refractivity contribution in [1.82, 2.24) is 5.32 Å². The molecule has 1 amide bonds. The summed E-state index contributed by atoms with van der Waals surface area (Å²) in [6.07, 6.45) is 2.44. The number of ether oxygens (including phenoxy) is 1. The molecule has 0 saturated carbocycles. The second-order valence-corrected chi connectivity index (χ2v) is 9.25. The maximum atomic E-state index is 12.8. The third kappa shape index (κ3) is 6.23. The predicted molar refractivity (Wildman–Crippen MR) is 122 cm³/mol. The quantitative estimate of drug-likeness (QED) is 0.582. The van der Waals surface area contributed by atoms with E-state index < -0.39 is 16.1 Å². The summed E-state index contributed by atoms with van der Waals surface area (Å²) < 4.78 is 31.9. The number of nitrogens with one attached hydrogen (secondary N) is 1. The standard InChI is InChI=1S/C23H32N2O4S/c1-6-19-9-12-21(13-10-19)29-15-14-24-23(26)22(7-2)25(30(5,27)28)20-11-8-17(3)18(4)16-20/h8-13,16,22H,6-7,14-15H2,1-5H3,(H,24,26). The van der Waals surface area contributed by atoms with Crippen LogP contribution in [0.25, 0.3) is 0 Å². The van der Waals surface area contributed by atoms with E-state index in [0.717, 1.165) is 29.6 Å². The van der Waals surface area contributed by atoms with E-state index >= 15 is 0 Å². The van der Waals surface area contributed by atoms with Crippen molar-refractivity contribution >= 4 is 21.6 Å². The van der Waals surface area contributed by atoms with E-state index in [1.807, 2.05) is 44.2 Å². The van der Waals surface area contributed by atoms with Gasteiger partial charge in [0.1, 0.15) is 18.4 Å². The van der Waals surface area contributed by atoms with E-state index in [9.17, 15) is 13.2 Å². The van der Waals surface area contributed by atoms with Crippen molar-refractivity contribution < 1.29 is 17.9 Å². The molecular weight excluding hydrogens is 400 g/mol. The van der Waals surface area contributed by atoms with E-state index in [1.54, 1.807) is 19.1 Å². The van der Waals surface area contributed by atoms with Gasteiger partial charge in [0.25, 0.3) is 0 Å². The van der Waals surface area contributed by atoms with Crippen LogP contribution in [0.2, 0.25) is 0 Å². The molecule has 0 bridgehead atoms. The van der Waals surface area contributed by atoms with Crippen LogP contribution in [0.3, 0.4) is 0 Å². The molecule has 2 aromatic carbocycles. The first-order valence-electron chi connectivity index (χ1n) is 10.2. The number of sulfonamides is 1. The molecule has 0 aromatic heterocycles. The van der Waals surface area contributed by atoms with E-state index in [-0.39, 0.29) is 12.5 Å². The largest absolute Gasteiger partial charge is 0.492 e. The lowest BCUT2D eigenvalue weighted by molar-refractivity contribution is -0.122. The number of benzene rings is 2. The molecule has 2 rings (SSSR count). The molecule has 0 aliphatic rings. The van der Waals surface area contributed by atoms with Crippen molar-refractivity contribution in [2.45, 2.75) is 46.6 Å². The number of rotatable bonds is 10. The molecule has 0 spiro atoms. The summed E-state index contributed by atoms with van der Waals surface area (Å²) in [5, 5.41) is 2.80. The van der Waals surface area contributed by atoms with Crippen molar-refractivity contribution in [3.63, 3.8) is 0 Å². The molecule has 30 heavy (non-hydrogen) atoms. The van der Waals surface area contributed by atoms with Crippen molar-refractivity contribution in [3.05, 3.63) is 59.2 Å². The third-order valence-electron chi connectivity index (χ3n) is 5.08. The van der Waals surface area contributed by atoms with Crippen LogP contribution in [0, 0.1) is 13.8 Å². The highest BCUT2D eigenvalue weighted by molar-refractivity contribution is 7.92. The zero-order valence-electron chi connectivity index (χ0n) is 18.4. The van der Waals surface area contributed by atoms with Gasteiger partial charge in [-0.2, -0.15) is 0 Å². The number of hydrogen-bond donors (Lipinski definition) is 1. The van der Waals surface area contributed by atoms with Gasteiger partial charge in [0.15, 0.2) is 0 Å². The minimum Gasteiger partial charge on any atom is -0.492 e.